The second-order valence-electron chi connectivity index (χ2n) is 8.92. The number of halogens is 2. The molecular weight excluding hydrogens is 440 g/mol. The van der Waals surface area contributed by atoms with Crippen molar-refractivity contribution in [3.8, 4) is 5.75 Å². The number of benzene rings is 1. The first kappa shape index (κ1) is 23.0. The summed E-state index contributed by atoms with van der Waals surface area (Å²) in [4.78, 5) is 29.1. The maximum Gasteiger partial charge on any atom is 0.387 e. The van der Waals surface area contributed by atoms with E-state index >= 15 is 0 Å². The number of pyridine rings is 1. The monoisotopic (exact) mass is 467 g/mol. The normalized spacial score (nSPS) is 23.9. The van der Waals surface area contributed by atoms with Gasteiger partial charge in [0, 0.05) is 55.9 Å². The second kappa shape index (κ2) is 8.64. The van der Waals surface area contributed by atoms with Gasteiger partial charge in [0.1, 0.15) is 5.56 Å². The Morgan fingerprint density at radius 3 is 2.59 bits per heavy atom. The highest BCUT2D eigenvalue weighted by molar-refractivity contribution is 7.59. The molecule has 1 aromatic heterocycles. The second-order valence-corrected chi connectivity index (χ2v) is 8.92. The molecule has 32 heavy (non-hydrogen) atoms. The molecule has 2 aromatic rings. The molecular formula is C22H27F2N3O4S. The van der Waals surface area contributed by atoms with E-state index in [2.05, 4.69) is 16.8 Å². The first-order valence-corrected chi connectivity index (χ1v) is 10.7. The zero-order valence-corrected chi connectivity index (χ0v) is 18.8. The average Bonchev–Trinajstić information content (AvgIpc) is 3.47. The van der Waals surface area contributed by atoms with Crippen LogP contribution >= 0.6 is 13.5 Å². The van der Waals surface area contributed by atoms with Gasteiger partial charge in [-0.25, -0.2) is 4.79 Å². The fourth-order valence-electron chi connectivity index (χ4n) is 5.18. The fraction of sp³-hybridized carbons (Fsp3) is 0.545. The minimum Gasteiger partial charge on any atom is -0.477 e. The quantitative estimate of drug-likeness (QED) is 0.729. The van der Waals surface area contributed by atoms with Crippen molar-refractivity contribution in [1.29, 1.82) is 0 Å². The first-order chi connectivity index (χ1) is 14.8. The molecule has 3 fully saturated rings. The highest BCUT2D eigenvalue weighted by Gasteiger charge is 2.38. The summed E-state index contributed by atoms with van der Waals surface area (Å²) in [6.45, 7) is 0.557. The van der Waals surface area contributed by atoms with E-state index in [1.165, 1.54) is 6.20 Å². The van der Waals surface area contributed by atoms with Gasteiger partial charge in [-0.1, -0.05) is 6.07 Å². The zero-order valence-electron chi connectivity index (χ0n) is 17.8. The lowest BCUT2D eigenvalue weighted by Crippen LogP contribution is -2.48. The smallest absolute Gasteiger partial charge is 0.387 e. The van der Waals surface area contributed by atoms with Gasteiger partial charge >= 0.3 is 12.6 Å². The molecule has 0 amide bonds. The summed E-state index contributed by atoms with van der Waals surface area (Å²) in [6, 6.07) is 3.61. The lowest BCUT2D eigenvalue weighted by molar-refractivity contribution is -0.0498. The molecule has 3 heterocycles. The number of aromatic nitrogens is 1. The van der Waals surface area contributed by atoms with Crippen molar-refractivity contribution in [2.75, 3.05) is 33.2 Å². The van der Waals surface area contributed by atoms with E-state index in [1.54, 1.807) is 16.7 Å². The summed E-state index contributed by atoms with van der Waals surface area (Å²) < 4.78 is 33.7. The van der Waals surface area contributed by atoms with Crippen LogP contribution < -0.4 is 10.2 Å². The first-order valence-electron chi connectivity index (χ1n) is 10.7. The predicted molar refractivity (Wildman–Crippen MR) is 121 cm³/mol. The molecule has 174 valence electrons. The van der Waals surface area contributed by atoms with E-state index in [1.807, 2.05) is 0 Å². The van der Waals surface area contributed by atoms with E-state index in [0.29, 0.717) is 11.6 Å². The predicted octanol–water partition coefficient (Wildman–Crippen LogP) is 2.85. The third kappa shape index (κ3) is 3.99. The number of likely N-dealkylation sites (N-methyl/N-ethyl adjacent to an activating group) is 1. The van der Waals surface area contributed by atoms with Gasteiger partial charge < -0.3 is 19.3 Å². The Kier molecular flexibility index (Phi) is 6.21. The number of rotatable bonds is 5. The largest absolute Gasteiger partial charge is 0.477 e. The molecule has 2 aliphatic heterocycles. The molecule has 1 aromatic carbocycles. The maximum absolute atomic E-state index is 13.5. The Hall–Kier alpha value is -2.17. The number of hydrogen-bond donors (Lipinski definition) is 1. The number of carboxylic acids is 1. The molecule has 7 nitrogen and oxygen atoms in total. The van der Waals surface area contributed by atoms with Crippen LogP contribution in [0.5, 0.6) is 5.75 Å². The summed E-state index contributed by atoms with van der Waals surface area (Å²) in [6.07, 6.45) is 3.73. The minimum absolute atomic E-state index is 0. The van der Waals surface area contributed by atoms with Crippen molar-refractivity contribution >= 4 is 30.4 Å². The summed E-state index contributed by atoms with van der Waals surface area (Å²) in [5.74, 6) is -1.29. The molecule has 2 atom stereocenters. The molecule has 1 aliphatic carbocycles. The van der Waals surface area contributed by atoms with Crippen molar-refractivity contribution < 1.29 is 23.4 Å². The number of carbonyl (C=O) groups is 1. The molecule has 3 aliphatic rings. The van der Waals surface area contributed by atoms with E-state index in [9.17, 15) is 23.5 Å². The van der Waals surface area contributed by atoms with Crippen molar-refractivity contribution in [2.45, 2.75) is 43.9 Å². The molecule has 1 unspecified atom stereocenters. The van der Waals surface area contributed by atoms with E-state index in [-0.39, 0.29) is 47.7 Å². The summed E-state index contributed by atoms with van der Waals surface area (Å²) in [5.41, 5.74) is -0.0641. The minimum atomic E-state index is -3.04. The number of carboxylic acid groups (broad SMARTS) is 1. The van der Waals surface area contributed by atoms with Gasteiger partial charge in [0.25, 0.3) is 0 Å². The Morgan fingerprint density at radius 2 is 1.94 bits per heavy atom. The molecule has 1 N–H and O–H groups in total. The van der Waals surface area contributed by atoms with Crippen LogP contribution in [0.3, 0.4) is 0 Å². The average molecular weight is 468 g/mol. The lowest BCUT2D eigenvalue weighted by atomic mass is 9.93. The Balaban J connectivity index is 0.00000245. The lowest BCUT2D eigenvalue weighted by Gasteiger charge is -2.35. The number of nitrogens with zero attached hydrogens (tertiary/aromatic N) is 3. The number of aromatic carboxylic acids is 1. The van der Waals surface area contributed by atoms with E-state index < -0.39 is 18.0 Å². The molecule has 2 saturated heterocycles. The van der Waals surface area contributed by atoms with Crippen molar-refractivity contribution in [1.82, 2.24) is 14.4 Å². The Labute approximate surface area is 191 Å². The van der Waals surface area contributed by atoms with E-state index in [4.69, 9.17) is 4.74 Å². The third-order valence-electron chi connectivity index (χ3n) is 6.81. The van der Waals surface area contributed by atoms with Crippen LogP contribution in [-0.4, -0.2) is 71.3 Å². The summed E-state index contributed by atoms with van der Waals surface area (Å²) in [5, 5.41) is 9.57. The summed E-state index contributed by atoms with van der Waals surface area (Å²) in [7, 11) is 2.08. The molecule has 10 heteroatoms. The van der Waals surface area contributed by atoms with Crippen LogP contribution in [0.1, 0.15) is 47.1 Å². The third-order valence-corrected chi connectivity index (χ3v) is 6.81. The fourth-order valence-corrected chi connectivity index (χ4v) is 5.18. The number of ether oxygens (including phenoxy) is 1. The van der Waals surface area contributed by atoms with Crippen LogP contribution in [-0.2, 0) is 0 Å². The van der Waals surface area contributed by atoms with Crippen LogP contribution in [0.15, 0.2) is 23.1 Å². The van der Waals surface area contributed by atoms with E-state index in [0.717, 1.165) is 45.4 Å². The van der Waals surface area contributed by atoms with Gasteiger partial charge in [-0.05, 0) is 32.4 Å². The number of alkyl halides is 2. The summed E-state index contributed by atoms with van der Waals surface area (Å²) >= 11 is 0. The molecule has 5 rings (SSSR count). The highest BCUT2D eigenvalue weighted by Crippen LogP contribution is 2.44. The van der Waals surface area contributed by atoms with Crippen LogP contribution in [0.2, 0.25) is 0 Å². The Bertz CT molecular complexity index is 1100. The number of hydrogen-bond acceptors (Lipinski definition) is 5. The highest BCUT2D eigenvalue weighted by atomic mass is 32.1. The van der Waals surface area contributed by atoms with Gasteiger partial charge in [0.05, 0.1) is 10.9 Å². The van der Waals surface area contributed by atoms with Crippen molar-refractivity contribution in [2.24, 2.45) is 0 Å². The van der Waals surface area contributed by atoms with Crippen molar-refractivity contribution in [3.63, 3.8) is 0 Å². The van der Waals surface area contributed by atoms with Gasteiger partial charge in [0.2, 0.25) is 5.43 Å². The van der Waals surface area contributed by atoms with Gasteiger partial charge in [-0.2, -0.15) is 22.3 Å². The molecule has 0 spiro atoms. The van der Waals surface area contributed by atoms with Crippen LogP contribution in [0.4, 0.5) is 8.78 Å². The zero-order chi connectivity index (χ0) is 21.9. The topological polar surface area (TPSA) is 75.0 Å². The van der Waals surface area contributed by atoms with Crippen molar-refractivity contribution in [3.05, 3.63) is 39.7 Å². The van der Waals surface area contributed by atoms with Gasteiger partial charge in [0.15, 0.2) is 5.75 Å². The molecule has 0 bridgehead atoms. The number of piperazine rings is 1. The number of fused-ring (bicyclic) bond motifs is 2. The van der Waals surface area contributed by atoms with Crippen LogP contribution in [0.25, 0.3) is 10.9 Å². The maximum atomic E-state index is 13.5. The van der Waals surface area contributed by atoms with Gasteiger partial charge in [-0.3, -0.25) is 9.69 Å². The van der Waals surface area contributed by atoms with Crippen LogP contribution in [0, 0.1) is 0 Å². The van der Waals surface area contributed by atoms with Gasteiger partial charge in [-0.15, -0.1) is 0 Å². The standard InChI is InChI=1S/C22H25F2N3O4.H2S/c1-25-6-7-26-9-12(8-14(26)10-25)15-4-5-16-18(20(15)31-22(23)24)27(13-2-3-13)11-17(19(16)28)21(29)30;/h4-5,11-14,22H,2-3,6-10H2,1H3,(H,29,30);1H2/t12?,14-;/m0./s1. The Morgan fingerprint density at radius 1 is 1.19 bits per heavy atom. The SMILES string of the molecule is CN1CCN2CC(c3ccc4c(=O)c(C(=O)O)cn(C5CC5)c4c3OC(F)F)C[C@H]2C1.S. The molecule has 0 radical (unpaired) electrons. The molecule has 1 saturated carbocycles.